The van der Waals surface area contributed by atoms with Crippen molar-refractivity contribution < 1.29 is 67.5 Å². The van der Waals surface area contributed by atoms with Crippen LogP contribution in [-0.2, 0) is 118 Å². The zero-order valence-corrected chi connectivity index (χ0v) is 84.8. The van der Waals surface area contributed by atoms with Gasteiger partial charge >= 0.3 is 7.12 Å². The van der Waals surface area contributed by atoms with E-state index < -0.39 is 12.0 Å². The first-order chi connectivity index (χ1) is 72.6. The van der Waals surface area contributed by atoms with Crippen molar-refractivity contribution in [1.82, 2.24) is 49.0 Å². The number of carbonyl (C=O) groups excluding carboxylic acids is 5. The highest BCUT2D eigenvalue weighted by Gasteiger charge is 2.57. The molecule has 26 nitrogen and oxygen atoms in total. The van der Waals surface area contributed by atoms with Crippen LogP contribution in [0.4, 0.5) is 0 Å². The van der Waals surface area contributed by atoms with Crippen LogP contribution in [0.15, 0.2) is 386 Å². The summed E-state index contributed by atoms with van der Waals surface area (Å²) in [6.45, 7) is 29.4. The third-order valence-corrected chi connectivity index (χ3v) is 31.4. The average Bonchev–Trinajstić information content (AvgIpc) is 1.60. The Morgan fingerprint density at radius 3 is 1.22 bits per heavy atom. The van der Waals surface area contributed by atoms with E-state index in [2.05, 4.69) is 235 Å². The van der Waals surface area contributed by atoms with E-state index >= 15 is 0 Å². The van der Waals surface area contributed by atoms with Gasteiger partial charge in [-0.05, 0) is 228 Å². The summed E-state index contributed by atoms with van der Waals surface area (Å²) >= 11 is 0. The van der Waals surface area contributed by atoms with Crippen molar-refractivity contribution in [2.45, 2.75) is 197 Å². The van der Waals surface area contributed by atoms with Crippen molar-refractivity contribution in [1.29, 1.82) is 0 Å². The fourth-order valence-corrected chi connectivity index (χ4v) is 23.0. The summed E-state index contributed by atoms with van der Waals surface area (Å²) in [6.07, 6.45) is 22.8. The largest absolute Gasteiger partial charge is 0.504 e. The number of hydrogen-bond acceptors (Lipinski definition) is 20. The van der Waals surface area contributed by atoms with Gasteiger partial charge in [0.05, 0.1) is 65.0 Å². The smallest absolute Gasteiger partial charge is 0.494 e. The predicted molar refractivity (Wildman–Crippen MR) is 573 cm³/mol. The molecule has 6 fully saturated rings. The monoisotopic (exact) mass is 2010 g/mol. The number of carbonyl (C=O) groups is 5. The highest BCUT2D eigenvalue weighted by molar-refractivity contribution is 6.62. The van der Waals surface area contributed by atoms with Crippen LogP contribution in [0, 0.1) is 10.1 Å². The number of benzene rings is 10. The van der Waals surface area contributed by atoms with Gasteiger partial charge in [-0.1, -0.05) is 286 Å². The lowest BCUT2D eigenvalue weighted by Crippen LogP contribution is -2.44. The molecule has 5 amide bonds. The zero-order chi connectivity index (χ0) is 104. The molecule has 6 saturated heterocycles. The third-order valence-electron chi connectivity index (χ3n) is 31.4. The predicted octanol–water partition coefficient (Wildman–Crippen LogP) is 18.8. The van der Waals surface area contributed by atoms with Crippen molar-refractivity contribution in [2.24, 2.45) is 0 Å². The van der Waals surface area contributed by atoms with Crippen molar-refractivity contribution in [3.63, 3.8) is 0 Å². The van der Waals surface area contributed by atoms with Crippen LogP contribution in [-0.4, -0.2) is 178 Å². The van der Waals surface area contributed by atoms with Crippen molar-refractivity contribution >= 4 is 42.1 Å². The number of phenolic OH excluding ortho intramolecular Hbond substituents is 4. The van der Waals surface area contributed by atoms with Gasteiger partial charge in [0, 0.05) is 77.9 Å². The lowest BCUT2D eigenvalue weighted by molar-refractivity contribution is -0.418. The molecule has 4 N–H and O–H groups in total. The Labute approximate surface area is 875 Å². The molecule has 0 saturated carbocycles. The summed E-state index contributed by atoms with van der Waals surface area (Å²) < 4.78 is 23.9. The Balaban J connectivity index is 0.000000114. The molecule has 764 valence electrons. The summed E-state index contributed by atoms with van der Waals surface area (Å²) in [5, 5.41) is 50.2. The van der Waals surface area contributed by atoms with Crippen molar-refractivity contribution in [3.05, 3.63) is 482 Å². The van der Waals surface area contributed by atoms with Crippen LogP contribution in [0.5, 0.6) is 23.0 Å². The number of allylic oxidation sites excluding steroid dienone is 6. The van der Waals surface area contributed by atoms with E-state index in [9.17, 15) is 54.5 Å². The topological polar surface area (TPSA) is 287 Å². The summed E-state index contributed by atoms with van der Waals surface area (Å²) in [6, 6.07) is 86.9. The number of fused-ring (bicyclic) bond motifs is 10. The zero-order valence-electron chi connectivity index (χ0n) is 84.8. The molecule has 11 aliphatic heterocycles. The molecule has 27 heteroatoms. The standard InChI is InChI=1S/C30H33BN2O3.C25H26N2O3.C24H24N2O3.C22H21N3O4.C22H20N2O2/c1-29(2)30(3,4)36-31(35-29)25-16-14-22(15-17-25)27-32-20-24-13-9-8-12-23(24)18-26(32)28(34)33(27)19-21-10-6-5-7-11-21;1-3-4-7-17(2)15-27-24(13-18-10-11-22(28)23(29)12-18)26-16-20-9-6-5-8-19(20)14-21(26)25(27)30;27-21-11-10-18(13-22(21)28)23-25-15-19-9-5-4-8-17(19)12-20(25)24(29)26(23)14-16-6-2-1-3-7-16;1-15(9-10-16(2)25(27)28)13-24-21(20-8-5-11-29-20)23-14-18-7-4-3-6-17(18)12-19(23)22(24)26;25-22-19-13-17-9-4-5-10-18(17)15-23(19)21(20-11-6-12-26-20)24(22)14-16-7-2-1-3-8-16/h5-17,26-27H,18-20H2,1-4H3;3-12,21,24,28-29H,1-2,13-16H2;1-2,4-6,8-11,13,20,23,27-28H,3,7,12,14-15H2;3-11,19,21H,1-2,12-14H2;1-12,19,21H,13-15H2/b;7-4-;;10-9-;/t26-,27?;21-,24?;;;/m00.../s1. The average molecular weight is 2010 g/mol. The lowest BCUT2D eigenvalue weighted by Gasteiger charge is -2.35. The maximum Gasteiger partial charge on any atom is 0.494 e. The Hall–Kier alpha value is -15.6. The van der Waals surface area contributed by atoms with Gasteiger partial charge in [-0.2, -0.15) is 0 Å². The fraction of sp³-hybridized carbons (Fsp3) is 0.276. The van der Waals surface area contributed by atoms with Crippen LogP contribution in [0.1, 0.15) is 160 Å². The SMILES string of the molecule is C=C(/C=C\C(=C)[N+](=O)[O-])CN1C(=O)C2Cc3ccccc3CN2C1c1ccco1.C=C/C=C\C(=C)CN1C(=O)[C@@H]2Cc3ccccc3CN2C1Cc1ccc(O)c(O)c1.CC1(C)OB(c2ccc(C3N(Cc4ccccc4)C(=O)[C@@H]4Cc5ccccc5CN34)cc2)OC1(C)C.O=C1C2Cc3ccccc3CN2C(c2ccc(O)c(O)c2)N1CC1=CC=CCC1.O=C1C2Cc3ccccc3CN2C(c2ccco2)N1Cc1ccccc1. The minimum absolute atomic E-state index is 0.00329. The molecule has 24 rings (SSSR count). The minimum Gasteiger partial charge on any atom is -0.504 e. The van der Waals surface area contributed by atoms with Gasteiger partial charge in [-0.15, -0.1) is 0 Å². The number of amides is 5. The first kappa shape index (κ1) is 102. The highest BCUT2D eigenvalue weighted by Crippen LogP contribution is 2.49. The van der Waals surface area contributed by atoms with Crippen LogP contribution in [0.2, 0.25) is 0 Å². The van der Waals surface area contributed by atoms with E-state index in [-0.39, 0.29) is 137 Å². The van der Waals surface area contributed by atoms with Crippen LogP contribution >= 0.6 is 0 Å². The molecule has 0 bridgehead atoms. The third kappa shape index (κ3) is 21.1. The normalized spacial score (nSPS) is 22.6. The molecule has 0 radical (unpaired) electrons. The second kappa shape index (κ2) is 43.7. The van der Waals surface area contributed by atoms with E-state index in [0.29, 0.717) is 82.8 Å². The molecular weight excluding hydrogens is 1880 g/mol. The number of phenols is 4. The second-order valence-electron chi connectivity index (χ2n) is 41.4. The Morgan fingerprint density at radius 2 is 0.787 bits per heavy atom. The van der Waals surface area contributed by atoms with Crippen LogP contribution in [0.3, 0.4) is 0 Å². The number of nitrogens with zero attached hydrogens (tertiary/aromatic N) is 11. The summed E-state index contributed by atoms with van der Waals surface area (Å²) in [5.41, 5.74) is 20.2. The van der Waals surface area contributed by atoms with Gasteiger partial charge in [0.2, 0.25) is 29.5 Å². The molecule has 0 spiro atoms. The van der Waals surface area contributed by atoms with Crippen LogP contribution < -0.4 is 5.46 Å². The first-order valence-corrected chi connectivity index (χ1v) is 51.4. The summed E-state index contributed by atoms with van der Waals surface area (Å²) in [5.74, 6) is 1.54. The first-order valence-electron chi connectivity index (χ1n) is 51.4. The Morgan fingerprint density at radius 1 is 0.407 bits per heavy atom. The van der Waals surface area contributed by atoms with Crippen molar-refractivity contribution in [2.75, 3.05) is 19.6 Å². The molecule has 10 atom stereocenters. The molecule has 1 aliphatic carbocycles. The fourth-order valence-electron chi connectivity index (χ4n) is 23.0. The number of aromatic hydroxyl groups is 4. The molecule has 12 aliphatic rings. The van der Waals surface area contributed by atoms with Crippen molar-refractivity contribution in [3.8, 4) is 23.0 Å². The molecule has 8 unspecified atom stereocenters. The summed E-state index contributed by atoms with van der Waals surface area (Å²) in [4.78, 5) is 98.3. The highest BCUT2D eigenvalue weighted by atomic mass is 16.7. The van der Waals surface area contributed by atoms with E-state index in [0.717, 1.165) is 83.4 Å². The quantitative estimate of drug-likeness (QED) is 0.0161. The van der Waals surface area contributed by atoms with Gasteiger partial charge in [-0.25, -0.2) is 0 Å². The lowest BCUT2D eigenvalue weighted by atomic mass is 9.78. The molecule has 150 heavy (non-hydrogen) atoms. The van der Waals surface area contributed by atoms with Crippen LogP contribution in [0.25, 0.3) is 0 Å². The van der Waals surface area contributed by atoms with Gasteiger partial charge in [0.25, 0.3) is 5.70 Å². The molecule has 12 aromatic rings. The summed E-state index contributed by atoms with van der Waals surface area (Å²) in [7, 11) is -0.399. The maximum atomic E-state index is 13.8. The Bertz CT molecular complexity index is 7210. The number of hydrogen-bond donors (Lipinski definition) is 4. The van der Waals surface area contributed by atoms with E-state index in [1.165, 1.54) is 85.5 Å². The number of rotatable bonds is 22. The molecule has 13 heterocycles. The molecule has 10 aromatic carbocycles. The van der Waals surface area contributed by atoms with Gasteiger partial charge in [-0.3, -0.25) is 58.6 Å². The number of furan rings is 2. The van der Waals surface area contributed by atoms with Gasteiger partial charge in [0.15, 0.2) is 23.0 Å². The second-order valence-corrected chi connectivity index (χ2v) is 41.4. The van der Waals surface area contributed by atoms with E-state index in [1.807, 2.05) is 118 Å². The number of nitro groups is 1. The van der Waals surface area contributed by atoms with Gasteiger partial charge in [0.1, 0.15) is 36.2 Å². The Kier molecular flexibility index (Phi) is 29.6. The van der Waals surface area contributed by atoms with E-state index in [1.54, 1.807) is 53.8 Å². The maximum absolute atomic E-state index is 13.8. The molecule has 2 aromatic heterocycles. The molecular formula is C123H124BN11O15. The van der Waals surface area contributed by atoms with Gasteiger partial charge < -0.3 is 63.1 Å². The minimum atomic E-state index is -0.562. The van der Waals surface area contributed by atoms with E-state index in [4.69, 9.17) is 18.1 Å².